The Hall–Kier alpha value is -2.05. The zero-order chi connectivity index (χ0) is 16.3. The molecule has 0 spiro atoms. The Balaban J connectivity index is 1.72. The van der Waals surface area contributed by atoms with Crippen molar-refractivity contribution in [1.82, 2.24) is 19.7 Å². The molecule has 23 heavy (non-hydrogen) atoms. The molecule has 0 atom stereocenters. The molecule has 0 fully saturated rings. The van der Waals surface area contributed by atoms with Gasteiger partial charge in [-0.1, -0.05) is 19.6 Å². The monoisotopic (exact) mass is 326 g/mol. The van der Waals surface area contributed by atoms with Gasteiger partial charge in [-0.2, -0.15) is 5.10 Å². The number of ether oxygens (including phenoxy) is 1. The Labute approximate surface area is 137 Å². The van der Waals surface area contributed by atoms with Gasteiger partial charge in [0.25, 0.3) is 0 Å². The summed E-state index contributed by atoms with van der Waals surface area (Å²) < 4.78 is 7.64. The molecule has 3 rings (SSSR count). The van der Waals surface area contributed by atoms with Crippen molar-refractivity contribution in [2.45, 2.75) is 32.4 Å². The Morgan fingerprint density at radius 2 is 2.04 bits per heavy atom. The van der Waals surface area contributed by atoms with E-state index < -0.39 is 8.07 Å². The van der Waals surface area contributed by atoms with Gasteiger partial charge in [0.2, 0.25) is 0 Å². The molecular weight excluding hydrogens is 304 g/mol. The molecule has 3 aromatic rings. The molecule has 120 valence electrons. The first-order chi connectivity index (χ1) is 11.0. The van der Waals surface area contributed by atoms with Crippen molar-refractivity contribution in [1.29, 1.82) is 0 Å². The number of rotatable bonds is 6. The third-order valence-electron chi connectivity index (χ3n) is 3.70. The first kappa shape index (κ1) is 15.8. The van der Waals surface area contributed by atoms with E-state index in [1.165, 1.54) is 0 Å². The summed E-state index contributed by atoms with van der Waals surface area (Å²) in [4.78, 5) is 8.67. The van der Waals surface area contributed by atoms with Crippen molar-refractivity contribution in [3.63, 3.8) is 0 Å². The SMILES string of the molecule is C[Si](C)(C)CCOCn1ncc2cc(-c3cccnc3)ncc21. The van der Waals surface area contributed by atoms with Gasteiger partial charge in [-0.25, -0.2) is 4.68 Å². The van der Waals surface area contributed by atoms with Crippen LogP contribution in [0.25, 0.3) is 22.2 Å². The molecule has 0 aliphatic carbocycles. The van der Waals surface area contributed by atoms with Crippen LogP contribution in [-0.2, 0) is 11.5 Å². The predicted octanol–water partition coefficient (Wildman–Crippen LogP) is 3.81. The van der Waals surface area contributed by atoms with E-state index in [1.807, 2.05) is 41.5 Å². The molecule has 0 radical (unpaired) electrons. The minimum Gasteiger partial charge on any atom is -0.360 e. The van der Waals surface area contributed by atoms with Crippen LogP contribution in [0.3, 0.4) is 0 Å². The topological polar surface area (TPSA) is 52.8 Å². The maximum absolute atomic E-state index is 5.77. The Morgan fingerprint density at radius 1 is 1.17 bits per heavy atom. The number of aromatic nitrogens is 4. The molecule has 0 aromatic carbocycles. The molecule has 3 heterocycles. The molecule has 0 amide bonds. The van der Waals surface area contributed by atoms with Crippen LogP contribution in [0.2, 0.25) is 25.7 Å². The third-order valence-corrected chi connectivity index (χ3v) is 5.40. The second-order valence-electron chi connectivity index (χ2n) is 6.86. The zero-order valence-corrected chi connectivity index (χ0v) is 14.9. The fraction of sp³-hybridized carbons (Fsp3) is 0.353. The normalized spacial score (nSPS) is 12.0. The second-order valence-corrected chi connectivity index (χ2v) is 12.5. The standard InChI is InChI=1S/C17H22N4OSi/c1-23(2,3)8-7-22-13-21-17-12-19-16(9-15(17)11-20-21)14-5-4-6-18-10-14/h4-6,9-12H,7-8,13H2,1-3H3. The van der Waals surface area contributed by atoms with E-state index in [1.54, 1.807) is 6.20 Å². The molecule has 0 saturated carbocycles. The lowest BCUT2D eigenvalue weighted by Gasteiger charge is -2.15. The summed E-state index contributed by atoms with van der Waals surface area (Å²) in [5.74, 6) is 0. The Morgan fingerprint density at radius 3 is 2.78 bits per heavy atom. The number of fused-ring (bicyclic) bond motifs is 1. The molecule has 5 nitrogen and oxygen atoms in total. The fourth-order valence-electron chi connectivity index (χ4n) is 2.28. The van der Waals surface area contributed by atoms with Crippen molar-refractivity contribution >= 4 is 19.0 Å². The lowest BCUT2D eigenvalue weighted by molar-refractivity contribution is 0.0816. The van der Waals surface area contributed by atoms with Crippen LogP contribution in [0.1, 0.15) is 0 Å². The van der Waals surface area contributed by atoms with Gasteiger partial charge < -0.3 is 4.74 Å². The first-order valence-corrected chi connectivity index (χ1v) is 11.5. The van der Waals surface area contributed by atoms with E-state index in [-0.39, 0.29) is 0 Å². The van der Waals surface area contributed by atoms with E-state index in [0.29, 0.717) is 6.73 Å². The third kappa shape index (κ3) is 4.03. The average Bonchev–Trinajstić information content (AvgIpc) is 2.94. The highest BCUT2D eigenvalue weighted by molar-refractivity contribution is 6.76. The molecule has 0 bridgehead atoms. The molecule has 0 unspecified atom stereocenters. The highest BCUT2D eigenvalue weighted by Crippen LogP contribution is 2.21. The molecule has 6 heteroatoms. The molecule has 0 aliphatic heterocycles. The van der Waals surface area contributed by atoms with Crippen LogP contribution < -0.4 is 0 Å². The summed E-state index contributed by atoms with van der Waals surface area (Å²) in [7, 11) is -1.05. The summed E-state index contributed by atoms with van der Waals surface area (Å²) in [6.45, 7) is 8.32. The van der Waals surface area contributed by atoms with Crippen molar-refractivity contribution in [3.8, 4) is 11.3 Å². The van der Waals surface area contributed by atoms with Gasteiger partial charge in [-0.3, -0.25) is 9.97 Å². The largest absolute Gasteiger partial charge is 0.360 e. The van der Waals surface area contributed by atoms with Crippen molar-refractivity contribution in [3.05, 3.63) is 43.0 Å². The van der Waals surface area contributed by atoms with Crippen LogP contribution in [0, 0.1) is 0 Å². The van der Waals surface area contributed by atoms with Crippen molar-refractivity contribution < 1.29 is 4.74 Å². The summed E-state index contributed by atoms with van der Waals surface area (Å²) in [6.07, 6.45) is 7.29. The molecule has 0 saturated heterocycles. The lowest BCUT2D eigenvalue weighted by Crippen LogP contribution is -2.22. The van der Waals surface area contributed by atoms with E-state index >= 15 is 0 Å². The van der Waals surface area contributed by atoms with E-state index in [9.17, 15) is 0 Å². The predicted molar refractivity (Wildman–Crippen MR) is 94.9 cm³/mol. The minimum atomic E-state index is -1.05. The van der Waals surface area contributed by atoms with Gasteiger partial charge in [0.1, 0.15) is 6.73 Å². The minimum absolute atomic E-state index is 0.474. The van der Waals surface area contributed by atoms with E-state index in [2.05, 4.69) is 34.7 Å². The second kappa shape index (κ2) is 6.60. The Kier molecular flexibility index (Phi) is 4.54. The molecule has 0 N–H and O–H groups in total. The molecule has 3 aromatic heterocycles. The van der Waals surface area contributed by atoms with Gasteiger partial charge >= 0.3 is 0 Å². The summed E-state index contributed by atoms with van der Waals surface area (Å²) in [5, 5.41) is 5.47. The van der Waals surface area contributed by atoms with Crippen LogP contribution in [-0.4, -0.2) is 34.4 Å². The van der Waals surface area contributed by atoms with Gasteiger partial charge in [0, 0.05) is 38.0 Å². The maximum Gasteiger partial charge on any atom is 0.140 e. The van der Waals surface area contributed by atoms with Crippen LogP contribution in [0.15, 0.2) is 43.0 Å². The molecule has 0 aliphatic rings. The number of pyridine rings is 2. The smallest absolute Gasteiger partial charge is 0.140 e. The number of hydrogen-bond donors (Lipinski definition) is 0. The van der Waals surface area contributed by atoms with Gasteiger partial charge in [0.15, 0.2) is 0 Å². The van der Waals surface area contributed by atoms with E-state index in [4.69, 9.17) is 4.74 Å². The average molecular weight is 326 g/mol. The number of hydrogen-bond acceptors (Lipinski definition) is 4. The lowest BCUT2D eigenvalue weighted by atomic mass is 10.1. The Bertz CT molecular complexity index is 780. The summed E-state index contributed by atoms with van der Waals surface area (Å²) in [5.41, 5.74) is 2.91. The summed E-state index contributed by atoms with van der Waals surface area (Å²) >= 11 is 0. The maximum atomic E-state index is 5.77. The fourth-order valence-corrected chi connectivity index (χ4v) is 3.04. The van der Waals surface area contributed by atoms with Crippen LogP contribution in [0.5, 0.6) is 0 Å². The quantitative estimate of drug-likeness (QED) is 0.510. The highest BCUT2D eigenvalue weighted by Gasteiger charge is 2.12. The number of nitrogens with zero attached hydrogens (tertiary/aromatic N) is 4. The van der Waals surface area contributed by atoms with Gasteiger partial charge in [-0.05, 0) is 24.2 Å². The highest BCUT2D eigenvalue weighted by atomic mass is 28.3. The van der Waals surface area contributed by atoms with Gasteiger partial charge in [0.05, 0.1) is 23.6 Å². The molecular formula is C17H22N4OSi. The van der Waals surface area contributed by atoms with Gasteiger partial charge in [-0.15, -0.1) is 0 Å². The van der Waals surface area contributed by atoms with Crippen molar-refractivity contribution in [2.24, 2.45) is 0 Å². The first-order valence-electron chi connectivity index (χ1n) is 7.83. The van der Waals surface area contributed by atoms with E-state index in [0.717, 1.165) is 34.8 Å². The van der Waals surface area contributed by atoms with Crippen molar-refractivity contribution in [2.75, 3.05) is 6.61 Å². The van der Waals surface area contributed by atoms with Crippen LogP contribution >= 0.6 is 0 Å². The summed E-state index contributed by atoms with van der Waals surface area (Å²) in [6, 6.07) is 7.12. The zero-order valence-electron chi connectivity index (χ0n) is 13.9. The van der Waals surface area contributed by atoms with Crippen LogP contribution in [0.4, 0.5) is 0 Å².